The molecule has 114 valence electrons. The third-order valence-electron chi connectivity index (χ3n) is 4.17. The summed E-state index contributed by atoms with van der Waals surface area (Å²) < 4.78 is 0.593. The van der Waals surface area contributed by atoms with E-state index in [2.05, 4.69) is 70.5 Å². The van der Waals surface area contributed by atoms with Crippen LogP contribution < -0.4 is 29.6 Å². The Morgan fingerprint density at radius 2 is 1.26 bits per heavy atom. The van der Waals surface area contributed by atoms with E-state index >= 15 is 0 Å². The first-order valence-corrected chi connectivity index (χ1v) is 8.37. The van der Waals surface area contributed by atoms with E-state index in [9.17, 15) is 0 Å². The maximum absolute atomic E-state index is 5.13. The smallest absolute Gasteiger partial charge is 0.411 e. The molecule has 1 aliphatic rings. The molecule has 23 heavy (non-hydrogen) atoms. The minimum absolute atomic E-state index is 0. The summed E-state index contributed by atoms with van der Waals surface area (Å²) in [5.41, 5.74) is 2.67. The second-order valence-corrected chi connectivity index (χ2v) is 6.54. The van der Waals surface area contributed by atoms with E-state index in [0.29, 0.717) is 10.4 Å². The number of piperazine rings is 1. The molecule has 1 heterocycles. The minimum atomic E-state index is 0. The van der Waals surface area contributed by atoms with Gasteiger partial charge in [-0.05, 0) is 11.1 Å². The fourth-order valence-electron chi connectivity index (χ4n) is 3.05. The minimum Gasteiger partial charge on any atom is -0.411 e. The van der Waals surface area contributed by atoms with Gasteiger partial charge in [-0.3, -0.25) is 4.90 Å². The molecule has 1 fully saturated rings. The molecule has 0 N–H and O–H groups in total. The molecule has 2 aromatic carbocycles. The van der Waals surface area contributed by atoms with E-state index in [0.717, 1.165) is 26.2 Å². The van der Waals surface area contributed by atoms with E-state index in [4.69, 9.17) is 24.8 Å². The van der Waals surface area contributed by atoms with Crippen molar-refractivity contribution in [3.05, 3.63) is 71.8 Å². The van der Waals surface area contributed by atoms with Gasteiger partial charge in [-0.15, -0.1) is 0 Å². The van der Waals surface area contributed by atoms with Crippen LogP contribution in [0.1, 0.15) is 17.2 Å². The molecule has 0 unspecified atom stereocenters. The van der Waals surface area contributed by atoms with Crippen LogP contribution >= 0.6 is 12.2 Å². The zero-order chi connectivity index (χ0) is 15.4. The SMILES string of the molecule is S=C([S-])N1CCN(C(c2ccccc2)c2ccccc2)CC1.[Na+]. The summed E-state index contributed by atoms with van der Waals surface area (Å²) in [4.78, 5) is 4.64. The van der Waals surface area contributed by atoms with Gasteiger partial charge in [0.15, 0.2) is 0 Å². The number of benzene rings is 2. The zero-order valence-corrected chi connectivity index (χ0v) is 17.0. The van der Waals surface area contributed by atoms with Crippen molar-refractivity contribution in [2.45, 2.75) is 6.04 Å². The largest absolute Gasteiger partial charge is 1.00 e. The number of thiocarbonyl (C=S) groups is 1. The number of hydrogen-bond donors (Lipinski definition) is 0. The molecule has 0 saturated carbocycles. The molecule has 1 aliphatic heterocycles. The Bertz CT molecular complexity index is 574. The van der Waals surface area contributed by atoms with Crippen LogP contribution in [0.2, 0.25) is 0 Å². The summed E-state index contributed by atoms with van der Waals surface area (Å²) in [6.07, 6.45) is 0. The Hall–Kier alpha value is -0.490. The van der Waals surface area contributed by atoms with Gasteiger partial charge in [0.05, 0.1) is 6.04 Å². The second-order valence-electron chi connectivity index (χ2n) is 5.51. The maximum atomic E-state index is 5.13. The zero-order valence-electron chi connectivity index (χ0n) is 13.4. The maximum Gasteiger partial charge on any atom is 1.00 e. The van der Waals surface area contributed by atoms with Crippen LogP contribution in [0, 0.1) is 0 Å². The third kappa shape index (κ3) is 4.75. The third-order valence-corrected chi connectivity index (χ3v) is 4.68. The molecule has 1 saturated heterocycles. The van der Waals surface area contributed by atoms with Crippen LogP contribution in [-0.2, 0) is 12.6 Å². The van der Waals surface area contributed by atoms with E-state index in [1.165, 1.54) is 11.1 Å². The molecule has 3 rings (SSSR count). The van der Waals surface area contributed by atoms with Crippen molar-refractivity contribution in [2.75, 3.05) is 26.2 Å². The van der Waals surface area contributed by atoms with Gasteiger partial charge in [-0.2, -0.15) is 0 Å². The van der Waals surface area contributed by atoms with Crippen molar-refractivity contribution in [2.24, 2.45) is 0 Å². The Morgan fingerprint density at radius 3 is 1.65 bits per heavy atom. The van der Waals surface area contributed by atoms with Crippen LogP contribution in [0.3, 0.4) is 0 Å². The molecular formula is C18H19N2NaS2. The summed E-state index contributed by atoms with van der Waals surface area (Å²) in [6.45, 7) is 3.79. The van der Waals surface area contributed by atoms with Crippen molar-refractivity contribution < 1.29 is 29.6 Å². The van der Waals surface area contributed by atoms with Gasteiger partial charge in [-0.25, -0.2) is 0 Å². The van der Waals surface area contributed by atoms with E-state index in [-0.39, 0.29) is 29.6 Å². The molecule has 0 atom stereocenters. The number of nitrogens with zero attached hydrogens (tertiary/aromatic N) is 2. The standard InChI is InChI=1S/C18H20N2S2.Na/c21-18(22)20-13-11-19(12-14-20)17(15-7-3-1-4-8-15)16-9-5-2-6-10-16;/h1-10,17H,11-14H2,(H,21,22);/q;+1/p-1. The van der Waals surface area contributed by atoms with Crippen LogP contribution in [-0.4, -0.2) is 40.3 Å². The monoisotopic (exact) mass is 350 g/mol. The number of rotatable bonds is 3. The molecule has 2 aromatic rings. The van der Waals surface area contributed by atoms with Crippen molar-refractivity contribution in [3.63, 3.8) is 0 Å². The molecule has 0 radical (unpaired) electrons. The Morgan fingerprint density at radius 1 is 0.826 bits per heavy atom. The quantitative estimate of drug-likeness (QED) is 0.444. The average molecular weight is 350 g/mol. The Balaban J connectivity index is 0.00000192. The van der Waals surface area contributed by atoms with Crippen molar-refractivity contribution in [3.8, 4) is 0 Å². The van der Waals surface area contributed by atoms with Gasteiger partial charge >= 0.3 is 29.6 Å². The molecule has 5 heteroatoms. The van der Waals surface area contributed by atoms with Gasteiger partial charge in [0.2, 0.25) is 0 Å². The summed E-state index contributed by atoms with van der Waals surface area (Å²) in [7, 11) is 0. The topological polar surface area (TPSA) is 6.48 Å². The summed E-state index contributed by atoms with van der Waals surface area (Å²) in [5, 5.41) is 0. The molecule has 2 nitrogen and oxygen atoms in total. The van der Waals surface area contributed by atoms with Crippen LogP contribution in [0.25, 0.3) is 0 Å². The molecule has 0 aromatic heterocycles. The van der Waals surface area contributed by atoms with Crippen LogP contribution in [0.4, 0.5) is 0 Å². The molecular weight excluding hydrogens is 331 g/mol. The predicted octanol–water partition coefficient (Wildman–Crippen LogP) is 0.229. The van der Waals surface area contributed by atoms with Crippen molar-refractivity contribution in [1.29, 1.82) is 0 Å². The molecule has 0 aliphatic carbocycles. The average Bonchev–Trinajstić information content (AvgIpc) is 2.57. The fraction of sp³-hybridized carbons (Fsp3) is 0.278. The van der Waals surface area contributed by atoms with Gasteiger partial charge in [0, 0.05) is 26.2 Å². The van der Waals surface area contributed by atoms with Crippen molar-refractivity contribution >= 4 is 29.2 Å². The summed E-state index contributed by atoms with van der Waals surface area (Å²) in [6, 6.07) is 21.7. The second kappa shape index (κ2) is 9.11. The first-order chi connectivity index (χ1) is 10.8. The normalized spacial score (nSPS) is 15.3. The molecule has 0 bridgehead atoms. The molecule has 0 spiro atoms. The summed E-state index contributed by atoms with van der Waals surface area (Å²) in [5.74, 6) is 0. The van der Waals surface area contributed by atoms with Gasteiger partial charge in [-0.1, -0.05) is 65.0 Å². The Kier molecular flexibility index (Phi) is 7.47. The number of hydrogen-bond acceptors (Lipinski definition) is 3. The van der Waals surface area contributed by atoms with Gasteiger partial charge < -0.3 is 29.7 Å². The van der Waals surface area contributed by atoms with Crippen LogP contribution in [0.15, 0.2) is 60.7 Å². The van der Waals surface area contributed by atoms with Crippen molar-refractivity contribution in [1.82, 2.24) is 9.80 Å². The van der Waals surface area contributed by atoms with E-state index in [1.807, 2.05) is 0 Å². The first-order valence-electron chi connectivity index (χ1n) is 7.55. The molecule has 0 amide bonds. The van der Waals surface area contributed by atoms with Gasteiger partial charge in [0.25, 0.3) is 0 Å². The van der Waals surface area contributed by atoms with Gasteiger partial charge in [0.1, 0.15) is 0 Å². The first kappa shape index (κ1) is 18.8. The van der Waals surface area contributed by atoms with E-state index < -0.39 is 0 Å². The van der Waals surface area contributed by atoms with Crippen LogP contribution in [0.5, 0.6) is 0 Å². The fourth-order valence-corrected chi connectivity index (χ4v) is 3.41. The predicted molar refractivity (Wildman–Crippen MR) is 97.8 cm³/mol. The van der Waals surface area contributed by atoms with E-state index in [1.54, 1.807) is 0 Å². The summed E-state index contributed by atoms with van der Waals surface area (Å²) >= 11 is 10.3. The Labute approximate surface area is 171 Å².